The Kier molecular flexibility index (Phi) is 9.64. The highest BCUT2D eigenvalue weighted by atomic mass is 35.5. The fourth-order valence-electron chi connectivity index (χ4n) is 6.50. The van der Waals surface area contributed by atoms with E-state index >= 15 is 0 Å². The smallest absolute Gasteiger partial charge is 0.0781 e. The fourth-order valence-corrected chi connectivity index (χ4v) is 7.00. The first kappa shape index (κ1) is 33.9. The fraction of sp³-hybridized carbons (Fsp3) is 0. The number of hydrogen-bond acceptors (Lipinski definition) is 2. The van der Waals surface area contributed by atoms with Gasteiger partial charge in [0.2, 0.25) is 0 Å². The number of rotatable bonds is 7. The summed E-state index contributed by atoms with van der Waals surface area (Å²) in [6.07, 6.45) is 0. The van der Waals surface area contributed by atoms with Crippen LogP contribution in [-0.2, 0) is 0 Å². The average molecular weight is 751 g/mol. The van der Waals surface area contributed by atoms with Gasteiger partial charge in [0.15, 0.2) is 0 Å². The molecule has 0 spiro atoms. The monoisotopic (exact) mass is 748 g/mol. The van der Waals surface area contributed by atoms with Crippen LogP contribution in [0.4, 0.5) is 11.4 Å². The van der Waals surface area contributed by atoms with E-state index < -0.39 is 0 Å². The molecule has 250 valence electrons. The Morgan fingerprint density at radius 1 is 0.308 bits per heavy atom. The van der Waals surface area contributed by atoms with E-state index in [2.05, 4.69) is 72.8 Å². The van der Waals surface area contributed by atoms with Crippen molar-refractivity contribution < 1.29 is 0 Å². The van der Waals surface area contributed by atoms with Crippen molar-refractivity contribution >= 4 is 90.7 Å². The van der Waals surface area contributed by atoms with Crippen LogP contribution in [0.1, 0.15) is 22.3 Å². The van der Waals surface area contributed by atoms with Gasteiger partial charge in [-0.15, -0.1) is 0 Å². The van der Waals surface area contributed by atoms with Crippen molar-refractivity contribution in [2.45, 2.75) is 0 Å². The highest BCUT2D eigenvalue weighted by molar-refractivity contribution is 6.32. The summed E-state index contributed by atoms with van der Waals surface area (Å²) < 4.78 is 0. The molecule has 8 rings (SSSR count). The molecule has 0 radical (unpaired) electrons. The highest BCUT2D eigenvalue weighted by Crippen LogP contribution is 2.46. The zero-order valence-corrected chi connectivity index (χ0v) is 30.6. The third-order valence-electron chi connectivity index (χ3n) is 9.00. The van der Waals surface area contributed by atoms with E-state index in [-0.39, 0.29) is 0 Å². The lowest BCUT2D eigenvalue weighted by molar-refractivity contribution is 1.46. The van der Waals surface area contributed by atoms with Crippen LogP contribution in [-0.4, -0.2) is 11.4 Å². The third-order valence-corrected chi connectivity index (χ3v) is 10.0. The average Bonchev–Trinajstić information content (AvgIpc) is 3.17. The molecular weight excluding hydrogens is 722 g/mol. The Hall–Kier alpha value is -5.22. The van der Waals surface area contributed by atoms with Gasteiger partial charge < -0.3 is 0 Å². The molecule has 0 saturated carbocycles. The topological polar surface area (TPSA) is 24.7 Å². The Morgan fingerprint density at radius 3 is 0.904 bits per heavy atom. The molecule has 0 atom stereocenters. The number of halogens is 4. The van der Waals surface area contributed by atoms with Gasteiger partial charge in [0.05, 0.1) is 22.8 Å². The zero-order chi connectivity index (χ0) is 35.6. The largest absolute Gasteiger partial charge is 0.247 e. The summed E-state index contributed by atoms with van der Waals surface area (Å²) >= 11 is 25.4. The second-order valence-corrected chi connectivity index (χ2v) is 14.1. The van der Waals surface area contributed by atoms with Crippen molar-refractivity contribution in [2.24, 2.45) is 9.98 Å². The molecule has 0 amide bonds. The summed E-state index contributed by atoms with van der Waals surface area (Å²) in [5.74, 6) is 0. The van der Waals surface area contributed by atoms with Crippen molar-refractivity contribution in [2.75, 3.05) is 0 Å². The normalized spacial score (nSPS) is 11.1. The molecular formula is C46H28Cl4N2. The summed E-state index contributed by atoms with van der Waals surface area (Å²) in [5.41, 5.74) is 8.82. The van der Waals surface area contributed by atoms with E-state index in [4.69, 9.17) is 56.4 Å². The first-order chi connectivity index (χ1) is 25.4. The van der Waals surface area contributed by atoms with E-state index in [1.54, 1.807) is 0 Å². The molecule has 0 aliphatic rings. The summed E-state index contributed by atoms with van der Waals surface area (Å²) in [4.78, 5) is 11.0. The second-order valence-electron chi connectivity index (χ2n) is 12.3. The predicted octanol–water partition coefficient (Wildman–Crippen LogP) is 14.6. The predicted molar refractivity (Wildman–Crippen MR) is 223 cm³/mol. The molecule has 0 unspecified atom stereocenters. The molecule has 0 aromatic heterocycles. The molecule has 0 fully saturated rings. The van der Waals surface area contributed by atoms with E-state index in [1.807, 2.05) is 97.1 Å². The summed E-state index contributed by atoms with van der Waals surface area (Å²) in [6, 6.07) is 56.3. The van der Waals surface area contributed by atoms with Crippen LogP contribution < -0.4 is 0 Å². The van der Waals surface area contributed by atoms with Crippen molar-refractivity contribution in [3.8, 4) is 11.1 Å². The third kappa shape index (κ3) is 6.99. The maximum absolute atomic E-state index is 6.35. The van der Waals surface area contributed by atoms with Gasteiger partial charge in [0.25, 0.3) is 0 Å². The number of aliphatic imine (C=N–C) groups is 2. The minimum atomic E-state index is 0.654. The number of benzene rings is 8. The maximum atomic E-state index is 6.35. The quantitative estimate of drug-likeness (QED) is 0.145. The van der Waals surface area contributed by atoms with Crippen molar-refractivity contribution in [1.82, 2.24) is 0 Å². The van der Waals surface area contributed by atoms with Crippen LogP contribution in [0.5, 0.6) is 0 Å². The molecule has 0 heterocycles. The Morgan fingerprint density at radius 2 is 0.596 bits per heavy atom. The molecule has 0 N–H and O–H groups in total. The van der Waals surface area contributed by atoms with Crippen LogP contribution in [0.3, 0.4) is 0 Å². The zero-order valence-electron chi connectivity index (χ0n) is 27.6. The van der Waals surface area contributed by atoms with Gasteiger partial charge in [-0.1, -0.05) is 156 Å². The van der Waals surface area contributed by atoms with Gasteiger partial charge in [-0.3, -0.25) is 0 Å². The minimum Gasteiger partial charge on any atom is -0.247 e. The lowest BCUT2D eigenvalue weighted by atomic mass is 9.90. The van der Waals surface area contributed by atoms with Crippen molar-refractivity contribution in [3.63, 3.8) is 0 Å². The summed E-state index contributed by atoms with van der Waals surface area (Å²) in [7, 11) is 0. The summed E-state index contributed by atoms with van der Waals surface area (Å²) in [5, 5.41) is 6.92. The summed E-state index contributed by atoms with van der Waals surface area (Å²) in [6.45, 7) is 0. The van der Waals surface area contributed by atoms with E-state index in [0.717, 1.165) is 77.7 Å². The van der Waals surface area contributed by atoms with Gasteiger partial charge in [-0.05, 0) is 82.2 Å². The molecule has 8 aromatic carbocycles. The van der Waals surface area contributed by atoms with Crippen LogP contribution >= 0.6 is 46.4 Å². The molecule has 52 heavy (non-hydrogen) atoms. The van der Waals surface area contributed by atoms with Crippen molar-refractivity contribution in [1.29, 1.82) is 0 Å². The number of hydrogen-bond donors (Lipinski definition) is 0. The Labute approximate surface area is 322 Å². The van der Waals surface area contributed by atoms with Gasteiger partial charge in [0.1, 0.15) is 0 Å². The van der Waals surface area contributed by atoms with Gasteiger partial charge in [-0.2, -0.15) is 0 Å². The van der Waals surface area contributed by atoms with E-state index in [1.165, 1.54) is 0 Å². The van der Waals surface area contributed by atoms with Gasteiger partial charge in [0, 0.05) is 53.5 Å². The van der Waals surface area contributed by atoms with Gasteiger partial charge >= 0.3 is 0 Å². The Bertz CT molecular complexity index is 2350. The Balaban J connectivity index is 1.47. The number of fused-ring (bicyclic) bond motifs is 2. The lowest BCUT2D eigenvalue weighted by Gasteiger charge is -2.18. The lowest BCUT2D eigenvalue weighted by Crippen LogP contribution is -2.04. The van der Waals surface area contributed by atoms with Crippen molar-refractivity contribution in [3.05, 3.63) is 212 Å². The standard InChI is InChI=1S/C46H28Cl4N2/c47-35-19-9-31(10-20-35)45(32-11-21-36(48)22-12-32)51-41-27-17-29-5-1-3-7-39(29)43(41)44-40-8-4-2-6-30(40)18-28-42(44)52-46(33-13-23-37(49)24-14-33)34-15-25-38(50)26-16-34/h1-28H. The number of nitrogens with zero attached hydrogens (tertiary/aromatic N) is 2. The van der Waals surface area contributed by atoms with Gasteiger partial charge in [-0.25, -0.2) is 9.98 Å². The maximum Gasteiger partial charge on any atom is 0.0781 e. The second kappa shape index (κ2) is 14.8. The van der Waals surface area contributed by atoms with E-state index in [9.17, 15) is 0 Å². The van der Waals surface area contributed by atoms with E-state index in [0.29, 0.717) is 20.1 Å². The molecule has 6 heteroatoms. The molecule has 0 saturated heterocycles. The molecule has 8 aromatic rings. The van der Waals surface area contributed by atoms with Crippen LogP contribution in [0.25, 0.3) is 32.7 Å². The molecule has 2 nitrogen and oxygen atoms in total. The minimum absolute atomic E-state index is 0.654. The first-order valence-corrected chi connectivity index (χ1v) is 18.2. The van der Waals surface area contributed by atoms with Crippen LogP contribution in [0.15, 0.2) is 180 Å². The highest BCUT2D eigenvalue weighted by Gasteiger charge is 2.20. The first-order valence-electron chi connectivity index (χ1n) is 16.7. The van der Waals surface area contributed by atoms with Crippen LogP contribution in [0.2, 0.25) is 20.1 Å². The molecule has 0 bridgehead atoms. The SMILES string of the molecule is Clc1ccc(C(=Nc2ccc3ccccc3c2-c2c(N=C(c3ccc(Cl)cc3)c3ccc(Cl)cc3)ccc3ccccc23)c2ccc(Cl)cc2)cc1. The molecule has 0 aliphatic carbocycles. The van der Waals surface area contributed by atoms with Crippen LogP contribution in [0, 0.1) is 0 Å². The molecule has 0 aliphatic heterocycles.